The third kappa shape index (κ3) is 12.1. The maximum atomic E-state index is 11.6. The summed E-state index contributed by atoms with van der Waals surface area (Å²) in [5, 5.41) is 22.9. The predicted molar refractivity (Wildman–Crippen MR) is 183 cm³/mol. The Balaban J connectivity index is 1.96. The molecule has 0 spiro atoms. The Kier molecular flexibility index (Phi) is 16.2. The molecule has 42 heavy (non-hydrogen) atoms. The number of amides is 1. The first kappa shape index (κ1) is 35.2. The normalized spacial score (nSPS) is 19.2. The van der Waals surface area contributed by atoms with Crippen molar-refractivity contribution in [2.75, 3.05) is 31.2 Å². The lowest BCUT2D eigenvalue weighted by Gasteiger charge is -2.35. The molecule has 1 aliphatic rings. The van der Waals surface area contributed by atoms with E-state index in [1.807, 2.05) is 48.2 Å². The predicted octanol–water partition coefficient (Wildman–Crippen LogP) is 9.12. The van der Waals surface area contributed by atoms with Crippen molar-refractivity contribution < 1.29 is 15.0 Å². The van der Waals surface area contributed by atoms with Crippen LogP contribution in [0.15, 0.2) is 91.0 Å². The molecule has 0 saturated heterocycles. The molecular weight excluding hydrogens is 540 g/mol. The van der Waals surface area contributed by atoms with Crippen LogP contribution in [0.3, 0.4) is 0 Å². The van der Waals surface area contributed by atoms with E-state index in [1.54, 1.807) is 6.08 Å². The van der Waals surface area contributed by atoms with Crippen LogP contribution in [0.4, 0.5) is 5.69 Å². The monoisotopic (exact) mass is 592 g/mol. The Bertz CT molecular complexity index is 1150. The fourth-order valence-corrected chi connectivity index (χ4v) is 6.86. The number of hydrogen-bond donors (Lipinski definition) is 3. The lowest BCUT2D eigenvalue weighted by atomic mass is 9.76. The molecule has 1 aliphatic carbocycles. The van der Waals surface area contributed by atoms with E-state index in [0.29, 0.717) is 23.5 Å². The molecule has 6 heteroatoms. The Morgan fingerprint density at radius 1 is 1.24 bits per heavy atom. The van der Waals surface area contributed by atoms with Gasteiger partial charge in [0.05, 0.1) is 11.5 Å². The van der Waals surface area contributed by atoms with Crippen molar-refractivity contribution in [3.05, 3.63) is 96.5 Å². The lowest BCUT2D eigenvalue weighted by molar-refractivity contribution is -0.114. The summed E-state index contributed by atoms with van der Waals surface area (Å²) in [6, 6.07) is 7.88. The van der Waals surface area contributed by atoms with Crippen molar-refractivity contribution in [1.29, 1.82) is 0 Å². The van der Waals surface area contributed by atoms with Gasteiger partial charge < -0.3 is 20.4 Å². The van der Waals surface area contributed by atoms with Crippen LogP contribution in [0.2, 0.25) is 0 Å². The number of nitrogens with zero attached hydrogens (tertiary/aromatic N) is 1. The van der Waals surface area contributed by atoms with E-state index in [1.165, 1.54) is 6.92 Å². The number of hydrogen-bond acceptors (Lipinski definition) is 5. The van der Waals surface area contributed by atoms with Crippen molar-refractivity contribution in [2.24, 2.45) is 17.8 Å². The number of thioether (sulfide) groups is 1. The first-order chi connectivity index (χ1) is 20.2. The Hall–Kier alpha value is -2.96. The largest absolute Gasteiger partial charge is 0.516 e. The number of aliphatic hydroxyl groups is 2. The molecule has 0 saturated carbocycles. The van der Waals surface area contributed by atoms with Gasteiger partial charge in [-0.05, 0) is 87.7 Å². The Labute approximate surface area is 258 Å². The van der Waals surface area contributed by atoms with Gasteiger partial charge in [0.2, 0.25) is 5.91 Å². The highest BCUT2D eigenvalue weighted by Crippen LogP contribution is 2.39. The number of allylic oxidation sites excluding steroid dienone is 7. The van der Waals surface area contributed by atoms with Gasteiger partial charge in [0.25, 0.3) is 0 Å². The van der Waals surface area contributed by atoms with Crippen molar-refractivity contribution >= 4 is 28.9 Å². The Morgan fingerprint density at radius 3 is 2.71 bits per heavy atom. The molecule has 0 aliphatic heterocycles. The molecule has 4 unspecified atom stereocenters. The molecule has 1 aromatic rings. The van der Waals surface area contributed by atoms with Gasteiger partial charge >= 0.3 is 0 Å². The van der Waals surface area contributed by atoms with E-state index in [2.05, 4.69) is 68.9 Å². The van der Waals surface area contributed by atoms with Crippen LogP contribution >= 0.6 is 11.8 Å². The highest BCUT2D eigenvalue weighted by Gasteiger charge is 2.33. The molecule has 0 aromatic heterocycles. The number of nitrogens with one attached hydrogen (secondary N) is 1. The number of anilines is 1. The van der Waals surface area contributed by atoms with Crippen molar-refractivity contribution in [3.8, 4) is 0 Å². The maximum absolute atomic E-state index is 11.6. The van der Waals surface area contributed by atoms with Gasteiger partial charge in [0.1, 0.15) is 5.76 Å². The zero-order valence-electron chi connectivity index (χ0n) is 26.3. The summed E-state index contributed by atoms with van der Waals surface area (Å²) >= 11 is 1.83. The van der Waals surface area contributed by atoms with Crippen LogP contribution in [0.5, 0.6) is 0 Å². The minimum atomic E-state index is -0.0711. The quantitative estimate of drug-likeness (QED) is 0.0956. The van der Waals surface area contributed by atoms with Gasteiger partial charge in [0.15, 0.2) is 0 Å². The minimum absolute atomic E-state index is 0.0711. The van der Waals surface area contributed by atoms with E-state index in [0.717, 1.165) is 79.6 Å². The zero-order chi connectivity index (χ0) is 30.9. The van der Waals surface area contributed by atoms with Crippen LogP contribution in [0.25, 0.3) is 5.57 Å². The number of carbonyl (C=O) groups is 1. The van der Waals surface area contributed by atoms with E-state index < -0.39 is 0 Å². The molecule has 0 fully saturated rings. The highest BCUT2D eigenvalue weighted by atomic mass is 32.2. The van der Waals surface area contributed by atoms with Crippen molar-refractivity contribution in [1.82, 2.24) is 4.90 Å². The minimum Gasteiger partial charge on any atom is -0.516 e. The summed E-state index contributed by atoms with van der Waals surface area (Å²) in [7, 11) is 2.15. The molecule has 0 heterocycles. The van der Waals surface area contributed by atoms with Gasteiger partial charge in [-0.1, -0.05) is 81.0 Å². The summed E-state index contributed by atoms with van der Waals surface area (Å²) in [6.45, 7) is 14.2. The number of carbonyl (C=O) groups excluding carboxylic acids is 1. The molecule has 4 atom stereocenters. The average molecular weight is 593 g/mol. The first-order valence-corrected chi connectivity index (χ1v) is 16.3. The van der Waals surface area contributed by atoms with Gasteiger partial charge in [-0.3, -0.25) is 4.79 Å². The molecule has 1 amide bonds. The summed E-state index contributed by atoms with van der Waals surface area (Å²) in [5.41, 5.74) is 3.93. The van der Waals surface area contributed by atoms with Crippen LogP contribution in [0, 0.1) is 17.8 Å². The lowest BCUT2D eigenvalue weighted by Crippen LogP contribution is -2.32. The first-order valence-electron chi connectivity index (χ1n) is 15.2. The van der Waals surface area contributed by atoms with E-state index in [9.17, 15) is 9.90 Å². The third-order valence-corrected chi connectivity index (χ3v) is 9.54. The van der Waals surface area contributed by atoms with E-state index in [-0.39, 0.29) is 11.2 Å². The molecular formula is C36H52N2O3S. The van der Waals surface area contributed by atoms with E-state index >= 15 is 0 Å². The van der Waals surface area contributed by atoms with Crippen molar-refractivity contribution in [3.63, 3.8) is 0 Å². The maximum Gasteiger partial charge on any atom is 0.221 e. The van der Waals surface area contributed by atoms with Gasteiger partial charge in [-0.15, -0.1) is 11.8 Å². The van der Waals surface area contributed by atoms with Gasteiger partial charge in [0, 0.05) is 30.5 Å². The zero-order valence-corrected chi connectivity index (χ0v) is 27.1. The number of para-hydroxylation sites is 1. The summed E-state index contributed by atoms with van der Waals surface area (Å²) in [4.78, 5) is 13.9. The molecule has 2 rings (SSSR count). The molecule has 3 N–H and O–H groups in total. The molecule has 0 bridgehead atoms. The molecule has 230 valence electrons. The molecule has 0 radical (unpaired) electrons. The summed E-state index contributed by atoms with van der Waals surface area (Å²) in [6.07, 6.45) is 20.2. The van der Waals surface area contributed by atoms with Crippen LogP contribution in [-0.2, 0) is 4.79 Å². The SMILES string of the molecule is C=C(/C=C\O)CCN(C)CCC(CC)C(C)C1CC=CC=C(O)C1SC/C=C\C/C=C(\C)c1ccccc1NC(C)=O. The summed E-state index contributed by atoms with van der Waals surface area (Å²) < 4.78 is 0. The van der Waals surface area contributed by atoms with Crippen molar-refractivity contribution in [2.45, 2.75) is 65.0 Å². The number of aliphatic hydroxyl groups excluding tert-OH is 2. The second-order valence-electron chi connectivity index (χ2n) is 11.3. The number of rotatable bonds is 17. The standard InChI is InChI=1S/C36H52N2O3S/c1-7-31(21-24-38(6)23-20-27(2)22-25-39)29(4)33-17-11-13-19-35(41)36(33)42-26-14-8-9-15-28(3)32-16-10-12-18-34(32)37-30(5)40/h8,10-16,18-19,22,25,29,31,33,36,39,41H,2,7,9,17,20-21,23-24,26H2,1,3-6H3,(H,37,40)/b14-8-,25-22-,28-15+. The fraction of sp³-hybridized carbons (Fsp3) is 0.472. The summed E-state index contributed by atoms with van der Waals surface area (Å²) in [5.74, 6) is 2.67. The Morgan fingerprint density at radius 2 is 2.00 bits per heavy atom. The van der Waals surface area contributed by atoms with Crippen LogP contribution in [0.1, 0.15) is 65.4 Å². The average Bonchev–Trinajstić information content (AvgIpc) is 3.14. The molecule has 1 aromatic carbocycles. The smallest absolute Gasteiger partial charge is 0.221 e. The second kappa shape index (κ2) is 19.3. The van der Waals surface area contributed by atoms with E-state index in [4.69, 9.17) is 5.11 Å². The van der Waals surface area contributed by atoms with Gasteiger partial charge in [-0.2, -0.15) is 0 Å². The van der Waals surface area contributed by atoms with Gasteiger partial charge in [-0.25, -0.2) is 0 Å². The highest BCUT2D eigenvalue weighted by molar-refractivity contribution is 8.00. The van der Waals surface area contributed by atoms with Crippen LogP contribution in [-0.4, -0.2) is 52.2 Å². The topological polar surface area (TPSA) is 72.8 Å². The third-order valence-electron chi connectivity index (χ3n) is 8.20. The van der Waals surface area contributed by atoms with Crippen LogP contribution < -0.4 is 5.32 Å². The number of benzene rings is 1. The fourth-order valence-electron chi connectivity index (χ4n) is 5.55. The second-order valence-corrected chi connectivity index (χ2v) is 12.5. The molecule has 5 nitrogen and oxygen atoms in total.